The molecule has 0 fully saturated rings. The molecule has 0 amide bonds. The Hall–Kier alpha value is -3.77. The number of sulfonamides is 1. The fraction of sp³-hybridized carbons (Fsp3) is 0.130. The van der Waals surface area contributed by atoms with Crippen molar-refractivity contribution >= 4 is 38.9 Å². The molecular formula is C23H18ClF3N6O2S. The summed E-state index contributed by atoms with van der Waals surface area (Å²) >= 11 is 6.19. The minimum absolute atomic E-state index is 0.0627. The monoisotopic (exact) mass is 534 g/mol. The Kier molecular flexibility index (Phi) is 7.09. The second-order valence-electron chi connectivity index (χ2n) is 7.51. The largest absolute Gasteiger partial charge is 0.325 e. The van der Waals surface area contributed by atoms with Crippen LogP contribution in [0.3, 0.4) is 0 Å². The molecule has 0 spiro atoms. The maximum atomic E-state index is 14.9. The summed E-state index contributed by atoms with van der Waals surface area (Å²) in [5, 5.41) is 2.73. The predicted molar refractivity (Wildman–Crippen MR) is 129 cm³/mol. The first-order chi connectivity index (χ1) is 17.1. The Balaban J connectivity index is 1.77. The van der Waals surface area contributed by atoms with Gasteiger partial charge in [-0.25, -0.2) is 41.5 Å². The molecule has 4 rings (SSSR count). The van der Waals surface area contributed by atoms with Crippen LogP contribution < -0.4 is 10.0 Å². The van der Waals surface area contributed by atoms with E-state index in [2.05, 4.69) is 30.0 Å². The lowest BCUT2D eigenvalue weighted by Gasteiger charge is -2.17. The molecule has 36 heavy (non-hydrogen) atoms. The van der Waals surface area contributed by atoms with Crippen molar-refractivity contribution in [1.29, 1.82) is 0 Å². The van der Waals surface area contributed by atoms with E-state index >= 15 is 0 Å². The number of halogens is 4. The lowest BCUT2D eigenvalue weighted by molar-refractivity contribution is 0.551. The molecule has 0 atom stereocenters. The van der Waals surface area contributed by atoms with E-state index in [0.29, 0.717) is 23.3 Å². The van der Waals surface area contributed by atoms with Crippen LogP contribution in [0.4, 0.5) is 30.5 Å². The molecule has 1 aromatic carbocycles. The quantitative estimate of drug-likeness (QED) is 0.305. The minimum Gasteiger partial charge on any atom is -0.325 e. The average molecular weight is 535 g/mol. The van der Waals surface area contributed by atoms with Gasteiger partial charge in [0.1, 0.15) is 39.8 Å². The SMILES string of the molecule is CCc1c(-c2cc(Nc3ccnc(C)n3)ncc2F)cnc(Cl)c1NS(=O)(=O)c1ccc(F)cc1F. The molecule has 0 bridgehead atoms. The third kappa shape index (κ3) is 5.24. The maximum Gasteiger partial charge on any atom is 0.264 e. The zero-order valence-electron chi connectivity index (χ0n) is 18.9. The summed E-state index contributed by atoms with van der Waals surface area (Å²) in [6.45, 7) is 3.41. The highest BCUT2D eigenvalue weighted by Gasteiger charge is 2.25. The second kappa shape index (κ2) is 10.1. The highest BCUT2D eigenvalue weighted by atomic mass is 35.5. The van der Waals surface area contributed by atoms with Gasteiger partial charge in [0.05, 0.1) is 11.9 Å². The highest BCUT2D eigenvalue weighted by molar-refractivity contribution is 7.92. The first-order valence-corrected chi connectivity index (χ1v) is 12.3. The lowest BCUT2D eigenvalue weighted by Crippen LogP contribution is -2.17. The third-order valence-electron chi connectivity index (χ3n) is 5.09. The topological polar surface area (TPSA) is 110 Å². The molecule has 3 aromatic heterocycles. The number of hydrogen-bond donors (Lipinski definition) is 2. The van der Waals surface area contributed by atoms with Crippen molar-refractivity contribution in [1.82, 2.24) is 19.9 Å². The maximum absolute atomic E-state index is 14.9. The fourth-order valence-electron chi connectivity index (χ4n) is 3.48. The Bertz CT molecular complexity index is 1570. The van der Waals surface area contributed by atoms with Gasteiger partial charge in [0.2, 0.25) is 0 Å². The molecule has 0 aliphatic rings. The van der Waals surface area contributed by atoms with Crippen LogP contribution in [0.25, 0.3) is 11.1 Å². The van der Waals surface area contributed by atoms with Crippen LogP contribution >= 0.6 is 11.6 Å². The summed E-state index contributed by atoms with van der Waals surface area (Å²) < 4.78 is 70.4. The first-order valence-electron chi connectivity index (χ1n) is 10.5. The lowest BCUT2D eigenvalue weighted by atomic mass is 9.99. The van der Waals surface area contributed by atoms with Crippen molar-refractivity contribution in [3.63, 3.8) is 0 Å². The number of anilines is 3. The summed E-state index contributed by atoms with van der Waals surface area (Å²) in [4.78, 5) is 15.5. The van der Waals surface area contributed by atoms with Crippen molar-refractivity contribution in [3.8, 4) is 11.1 Å². The molecule has 0 unspecified atom stereocenters. The predicted octanol–water partition coefficient (Wildman–Crippen LogP) is 5.42. The summed E-state index contributed by atoms with van der Waals surface area (Å²) in [5.74, 6) is -1.69. The van der Waals surface area contributed by atoms with Crippen molar-refractivity contribution in [3.05, 3.63) is 82.9 Å². The third-order valence-corrected chi connectivity index (χ3v) is 6.76. The smallest absolute Gasteiger partial charge is 0.264 e. The number of aryl methyl sites for hydroxylation is 1. The van der Waals surface area contributed by atoms with Gasteiger partial charge in [0.25, 0.3) is 10.0 Å². The van der Waals surface area contributed by atoms with E-state index in [1.54, 1.807) is 26.1 Å². The van der Waals surface area contributed by atoms with Crippen LogP contribution in [0.1, 0.15) is 18.3 Å². The van der Waals surface area contributed by atoms with Gasteiger partial charge in [-0.3, -0.25) is 4.72 Å². The van der Waals surface area contributed by atoms with Gasteiger partial charge in [0.15, 0.2) is 5.15 Å². The first kappa shape index (κ1) is 25.3. The number of aromatic nitrogens is 4. The summed E-state index contributed by atoms with van der Waals surface area (Å²) in [6.07, 6.45) is 4.05. The number of rotatable bonds is 7. The molecule has 186 valence electrons. The van der Waals surface area contributed by atoms with Gasteiger partial charge >= 0.3 is 0 Å². The van der Waals surface area contributed by atoms with Crippen LogP contribution in [-0.4, -0.2) is 28.4 Å². The number of pyridine rings is 2. The van der Waals surface area contributed by atoms with E-state index in [9.17, 15) is 21.6 Å². The highest BCUT2D eigenvalue weighted by Crippen LogP contribution is 2.37. The van der Waals surface area contributed by atoms with Crippen molar-refractivity contribution in [2.75, 3.05) is 10.0 Å². The van der Waals surface area contributed by atoms with Crippen molar-refractivity contribution in [2.24, 2.45) is 0 Å². The van der Waals surface area contributed by atoms with Gasteiger partial charge in [-0.15, -0.1) is 0 Å². The molecule has 0 aliphatic heterocycles. The summed E-state index contributed by atoms with van der Waals surface area (Å²) in [5.41, 5.74) is 0.446. The van der Waals surface area contributed by atoms with Crippen molar-refractivity contribution < 1.29 is 21.6 Å². The molecule has 4 aromatic rings. The van der Waals surface area contributed by atoms with E-state index in [4.69, 9.17) is 11.6 Å². The molecule has 3 heterocycles. The Labute approximate surface area is 209 Å². The van der Waals surface area contributed by atoms with Crippen LogP contribution in [0.2, 0.25) is 5.15 Å². The zero-order chi connectivity index (χ0) is 26.0. The number of nitrogens with zero attached hydrogens (tertiary/aromatic N) is 4. The average Bonchev–Trinajstić information content (AvgIpc) is 2.81. The van der Waals surface area contributed by atoms with E-state index in [-0.39, 0.29) is 34.2 Å². The fourth-order valence-corrected chi connectivity index (χ4v) is 4.91. The van der Waals surface area contributed by atoms with Crippen molar-refractivity contribution in [2.45, 2.75) is 25.2 Å². The minimum atomic E-state index is -4.53. The molecule has 0 aliphatic carbocycles. The summed E-state index contributed by atoms with van der Waals surface area (Å²) in [6, 6.07) is 5.08. The van der Waals surface area contributed by atoms with Gasteiger partial charge in [0, 0.05) is 29.6 Å². The van der Waals surface area contributed by atoms with Gasteiger partial charge in [-0.2, -0.15) is 0 Å². The van der Waals surface area contributed by atoms with E-state index in [1.807, 2.05) is 0 Å². The Morgan fingerprint density at radius 3 is 2.42 bits per heavy atom. The normalized spacial score (nSPS) is 11.4. The van der Waals surface area contributed by atoms with E-state index < -0.39 is 32.4 Å². The van der Waals surface area contributed by atoms with Crippen LogP contribution in [0.5, 0.6) is 0 Å². The molecule has 13 heteroatoms. The molecule has 0 saturated heterocycles. The van der Waals surface area contributed by atoms with Crippen LogP contribution in [0, 0.1) is 24.4 Å². The van der Waals surface area contributed by atoms with Gasteiger partial charge in [-0.1, -0.05) is 18.5 Å². The Morgan fingerprint density at radius 2 is 1.72 bits per heavy atom. The van der Waals surface area contributed by atoms with E-state index in [1.165, 1.54) is 12.3 Å². The Morgan fingerprint density at radius 1 is 0.944 bits per heavy atom. The summed E-state index contributed by atoms with van der Waals surface area (Å²) in [7, 11) is -4.53. The second-order valence-corrected chi connectivity index (χ2v) is 9.52. The molecule has 2 N–H and O–H groups in total. The van der Waals surface area contributed by atoms with Gasteiger partial charge < -0.3 is 5.32 Å². The number of hydrogen-bond acceptors (Lipinski definition) is 7. The molecular weight excluding hydrogens is 517 g/mol. The molecule has 0 saturated carbocycles. The number of nitrogens with one attached hydrogen (secondary N) is 2. The van der Waals surface area contributed by atoms with Crippen LogP contribution in [-0.2, 0) is 16.4 Å². The molecule has 0 radical (unpaired) electrons. The standard InChI is InChI=1S/C23H18ClF3N6O2S/c1-3-14-16(15-9-21(29-11-18(15)27)32-20-6-7-28-12(2)31-20)10-30-23(24)22(14)33-36(34,35)19-5-4-13(25)8-17(19)26/h4-11,33H,3H2,1-2H3,(H,28,29,31,32). The van der Waals surface area contributed by atoms with Gasteiger partial charge in [-0.05, 0) is 43.2 Å². The van der Waals surface area contributed by atoms with E-state index in [0.717, 1.165) is 18.3 Å². The van der Waals surface area contributed by atoms with Crippen LogP contribution in [0.15, 0.2) is 53.8 Å². The molecule has 8 nitrogen and oxygen atoms in total. The zero-order valence-corrected chi connectivity index (χ0v) is 20.4. The number of benzene rings is 1.